The third kappa shape index (κ3) is 3.64. The van der Waals surface area contributed by atoms with Gasteiger partial charge in [0.25, 0.3) is 0 Å². The molecule has 0 saturated heterocycles. The van der Waals surface area contributed by atoms with Crippen LogP contribution in [0.1, 0.15) is 11.4 Å². The lowest BCUT2D eigenvalue weighted by Crippen LogP contribution is -2.02. The molecule has 1 N–H and O–H groups in total. The highest BCUT2D eigenvalue weighted by molar-refractivity contribution is 7.10. The van der Waals surface area contributed by atoms with Crippen molar-refractivity contribution in [1.82, 2.24) is 9.78 Å². The van der Waals surface area contributed by atoms with Crippen molar-refractivity contribution >= 4 is 29.6 Å². The molecule has 0 amide bonds. The van der Waals surface area contributed by atoms with Gasteiger partial charge < -0.3 is 5.32 Å². The zero-order valence-corrected chi connectivity index (χ0v) is 10.1. The third-order valence-corrected chi connectivity index (χ3v) is 2.75. The fourth-order valence-electron chi connectivity index (χ4n) is 1.17. The highest BCUT2D eigenvalue weighted by Gasteiger charge is 2.07. The number of hydrogen-bond donors (Lipinski definition) is 1. The van der Waals surface area contributed by atoms with Crippen molar-refractivity contribution < 1.29 is 13.2 Å². The molecule has 0 fully saturated rings. The second-order valence-corrected chi connectivity index (χ2v) is 4.14. The maximum atomic E-state index is 12.6. The predicted molar refractivity (Wildman–Crippen MR) is 62.3 cm³/mol. The number of rotatable bonds is 4. The molecule has 2 aromatic rings. The molecule has 0 aromatic carbocycles. The summed E-state index contributed by atoms with van der Waals surface area (Å²) in [5.41, 5.74) is 0. The second kappa shape index (κ2) is 5.92. The first-order valence-corrected chi connectivity index (χ1v) is 5.28. The van der Waals surface area contributed by atoms with Gasteiger partial charge in [0.2, 0.25) is 0 Å². The Balaban J connectivity index is 0.00000144. The molecule has 0 bridgehead atoms. The van der Waals surface area contributed by atoms with E-state index in [4.69, 9.17) is 0 Å². The van der Waals surface area contributed by atoms with Crippen LogP contribution in [0.2, 0.25) is 0 Å². The molecule has 0 spiro atoms. The Labute approximate surface area is 106 Å². The van der Waals surface area contributed by atoms with Crippen LogP contribution < -0.4 is 5.32 Å². The molecule has 3 nitrogen and oxygen atoms in total. The Bertz CT molecular complexity index is 472. The zero-order valence-electron chi connectivity index (χ0n) is 8.44. The average Bonchev–Trinajstić information content (AvgIpc) is 2.83. The van der Waals surface area contributed by atoms with Crippen molar-refractivity contribution in [2.75, 3.05) is 5.32 Å². The van der Waals surface area contributed by atoms with E-state index in [1.54, 1.807) is 6.07 Å². The summed E-state index contributed by atoms with van der Waals surface area (Å²) >= 11 is 1.01. The molecule has 2 aromatic heterocycles. The monoisotopic (exact) mass is 283 g/mol. The summed E-state index contributed by atoms with van der Waals surface area (Å²) in [7, 11) is 0. The van der Waals surface area contributed by atoms with Gasteiger partial charge in [-0.15, -0.1) is 23.7 Å². The summed E-state index contributed by atoms with van der Waals surface area (Å²) in [5.74, 6) is 0.342. The molecule has 0 atom stereocenters. The summed E-state index contributed by atoms with van der Waals surface area (Å²) in [5, 5.41) is 6.16. The summed E-state index contributed by atoms with van der Waals surface area (Å²) in [4.78, 5) is 0.782. The van der Waals surface area contributed by atoms with E-state index < -0.39 is 6.55 Å². The Kier molecular flexibility index (Phi) is 4.83. The van der Waals surface area contributed by atoms with Gasteiger partial charge in [-0.1, -0.05) is 0 Å². The first-order chi connectivity index (χ1) is 7.65. The molecule has 2 rings (SSSR count). The van der Waals surface area contributed by atoms with Crippen molar-refractivity contribution in [2.45, 2.75) is 13.1 Å². The molecule has 0 unspecified atom stereocenters. The van der Waals surface area contributed by atoms with E-state index in [2.05, 4.69) is 10.4 Å². The van der Waals surface area contributed by atoms with Gasteiger partial charge in [-0.05, 0) is 12.1 Å². The Morgan fingerprint density at radius 3 is 2.65 bits per heavy atom. The molecule has 0 aliphatic heterocycles. The van der Waals surface area contributed by atoms with E-state index >= 15 is 0 Å². The van der Waals surface area contributed by atoms with Crippen LogP contribution in [0.25, 0.3) is 0 Å². The lowest BCUT2D eigenvalue weighted by Gasteiger charge is -2.00. The van der Waals surface area contributed by atoms with E-state index in [-0.39, 0.29) is 17.5 Å². The highest BCUT2D eigenvalue weighted by atomic mass is 35.5. The number of thiophene rings is 1. The van der Waals surface area contributed by atoms with Crippen LogP contribution in [0.3, 0.4) is 0 Å². The van der Waals surface area contributed by atoms with Crippen LogP contribution in [0, 0.1) is 5.13 Å². The molecule has 94 valence electrons. The lowest BCUT2D eigenvalue weighted by atomic mass is 10.4. The number of nitrogens with zero attached hydrogens (tertiary/aromatic N) is 2. The Morgan fingerprint density at radius 2 is 2.12 bits per heavy atom. The van der Waals surface area contributed by atoms with Crippen molar-refractivity contribution in [3.63, 3.8) is 0 Å². The minimum atomic E-state index is -2.64. The van der Waals surface area contributed by atoms with Gasteiger partial charge >= 0.3 is 6.55 Å². The molecule has 0 aliphatic rings. The van der Waals surface area contributed by atoms with E-state index in [0.29, 0.717) is 17.0 Å². The van der Waals surface area contributed by atoms with Gasteiger partial charge in [0.1, 0.15) is 5.82 Å². The normalized spacial score (nSPS) is 10.4. The van der Waals surface area contributed by atoms with Gasteiger partial charge in [-0.25, -0.2) is 4.68 Å². The minimum absolute atomic E-state index is 0. The lowest BCUT2D eigenvalue weighted by molar-refractivity contribution is 0.0569. The third-order valence-electron chi connectivity index (χ3n) is 1.88. The van der Waals surface area contributed by atoms with Gasteiger partial charge in [0, 0.05) is 17.1 Å². The summed E-state index contributed by atoms with van der Waals surface area (Å²) in [6, 6.07) is 4.44. The number of hydrogen-bond acceptors (Lipinski definition) is 3. The van der Waals surface area contributed by atoms with Gasteiger partial charge in [-0.3, -0.25) is 0 Å². The van der Waals surface area contributed by atoms with Gasteiger partial charge in [0.15, 0.2) is 5.13 Å². The average molecular weight is 284 g/mol. The first-order valence-electron chi connectivity index (χ1n) is 4.46. The van der Waals surface area contributed by atoms with Crippen molar-refractivity contribution in [1.29, 1.82) is 0 Å². The van der Waals surface area contributed by atoms with Crippen molar-refractivity contribution in [2.24, 2.45) is 0 Å². The van der Waals surface area contributed by atoms with E-state index in [0.717, 1.165) is 16.2 Å². The van der Waals surface area contributed by atoms with Crippen LogP contribution in [0.5, 0.6) is 0 Å². The summed E-state index contributed by atoms with van der Waals surface area (Å²) < 4.78 is 37.5. The Morgan fingerprint density at radius 1 is 1.35 bits per heavy atom. The minimum Gasteiger partial charge on any atom is -0.364 e. The number of aromatic nitrogens is 2. The smallest absolute Gasteiger partial charge is 0.333 e. The molecule has 0 aliphatic carbocycles. The number of anilines is 1. The number of halogens is 4. The predicted octanol–water partition coefficient (Wildman–Crippen LogP) is 3.51. The Hall–Kier alpha value is -1.21. The molecular weight excluding hydrogens is 275 g/mol. The van der Waals surface area contributed by atoms with Crippen LogP contribution in [-0.2, 0) is 6.54 Å². The fourth-order valence-corrected chi connectivity index (χ4v) is 1.83. The topological polar surface area (TPSA) is 29.9 Å². The molecule has 17 heavy (non-hydrogen) atoms. The van der Waals surface area contributed by atoms with E-state index in [9.17, 15) is 13.2 Å². The molecule has 2 heterocycles. The fraction of sp³-hybridized carbons (Fsp3) is 0.222. The molecular formula is C9H9ClF3N3S. The number of alkyl halides is 2. The standard InChI is InChI=1S/C9H8F3N3S.ClH/c10-7-2-1-6(16-7)5-13-8-3-4-15(14-8)9(11)12;/h1-4,9H,5H2,(H,13,14);1H. The summed E-state index contributed by atoms with van der Waals surface area (Å²) in [6.45, 7) is -2.27. The van der Waals surface area contributed by atoms with Crippen molar-refractivity contribution in [3.05, 3.63) is 34.4 Å². The number of nitrogens with one attached hydrogen (secondary N) is 1. The van der Waals surface area contributed by atoms with Crippen LogP contribution >= 0.6 is 23.7 Å². The SMILES string of the molecule is Cl.Fc1ccc(CNc2ccn(C(F)F)n2)s1. The molecule has 0 radical (unpaired) electrons. The second-order valence-electron chi connectivity index (χ2n) is 3.02. The molecule has 8 heteroatoms. The van der Waals surface area contributed by atoms with Gasteiger partial charge in [0.05, 0.1) is 6.54 Å². The quantitative estimate of drug-likeness (QED) is 0.930. The van der Waals surface area contributed by atoms with Crippen molar-refractivity contribution in [3.8, 4) is 0 Å². The van der Waals surface area contributed by atoms with Crippen LogP contribution in [-0.4, -0.2) is 9.78 Å². The maximum absolute atomic E-state index is 12.6. The van der Waals surface area contributed by atoms with Crippen LogP contribution in [0.15, 0.2) is 24.4 Å². The summed E-state index contributed by atoms with van der Waals surface area (Å²) in [6.07, 6.45) is 1.18. The largest absolute Gasteiger partial charge is 0.364 e. The van der Waals surface area contributed by atoms with E-state index in [1.165, 1.54) is 18.3 Å². The van der Waals surface area contributed by atoms with E-state index in [1.807, 2.05) is 0 Å². The maximum Gasteiger partial charge on any atom is 0.333 e. The zero-order chi connectivity index (χ0) is 11.5. The van der Waals surface area contributed by atoms with Crippen LogP contribution in [0.4, 0.5) is 19.0 Å². The molecule has 0 saturated carbocycles. The first kappa shape index (κ1) is 13.9. The highest BCUT2D eigenvalue weighted by Crippen LogP contribution is 2.16. The van der Waals surface area contributed by atoms with Gasteiger partial charge in [-0.2, -0.15) is 18.3 Å².